The summed E-state index contributed by atoms with van der Waals surface area (Å²) in [5, 5.41) is 9.16. The molecule has 4 rings (SSSR count). The predicted octanol–water partition coefficient (Wildman–Crippen LogP) is 2.38. The molecule has 1 aromatic carbocycles. The van der Waals surface area contributed by atoms with Crippen LogP contribution in [0, 0.1) is 11.7 Å². The lowest BCUT2D eigenvalue weighted by molar-refractivity contribution is 0.0695. The summed E-state index contributed by atoms with van der Waals surface area (Å²) in [6, 6.07) is 1.04. The Morgan fingerprint density at radius 3 is 2.69 bits per heavy atom. The summed E-state index contributed by atoms with van der Waals surface area (Å²) < 4.78 is 15.1. The Morgan fingerprint density at radius 2 is 2.15 bits per heavy atom. The molecule has 2 heterocycles. The number of nitrogens with zero attached hydrogens (tertiary/aromatic N) is 1. The monoisotopic (exact) mass is 379 g/mol. The Hall–Kier alpha value is -2.12. The molecule has 2 atom stereocenters. The molecular formula is C18H19ClFN3O3. The third-order valence-corrected chi connectivity index (χ3v) is 6.02. The summed E-state index contributed by atoms with van der Waals surface area (Å²) in [7, 11) is 0. The number of aromatic carboxylic acids is 1. The van der Waals surface area contributed by atoms with Crippen molar-refractivity contribution in [2.24, 2.45) is 11.7 Å². The van der Waals surface area contributed by atoms with Crippen molar-refractivity contribution in [2.75, 3.05) is 18.0 Å². The highest BCUT2D eigenvalue weighted by atomic mass is 35.5. The largest absolute Gasteiger partial charge is 0.477 e. The van der Waals surface area contributed by atoms with Crippen LogP contribution in [0.1, 0.15) is 35.7 Å². The van der Waals surface area contributed by atoms with Crippen molar-refractivity contribution in [3.05, 3.63) is 39.4 Å². The highest BCUT2D eigenvalue weighted by molar-refractivity contribution is 6.27. The number of rotatable bonds is 3. The number of hydrogen-bond acceptors (Lipinski definition) is 4. The number of aromatic amines is 1. The van der Waals surface area contributed by atoms with E-state index < -0.39 is 27.7 Å². The van der Waals surface area contributed by atoms with Gasteiger partial charge in [0.05, 0.1) is 16.1 Å². The van der Waals surface area contributed by atoms with Gasteiger partial charge in [-0.3, -0.25) is 4.79 Å². The lowest BCUT2D eigenvalue weighted by Gasteiger charge is -2.26. The van der Waals surface area contributed by atoms with Crippen LogP contribution in [0.4, 0.5) is 10.1 Å². The number of alkyl halides is 1. The zero-order chi connectivity index (χ0) is 18.8. The number of hydrogen-bond donors (Lipinski definition) is 3. The fourth-order valence-electron chi connectivity index (χ4n) is 3.76. The Balaban J connectivity index is 2.01. The van der Waals surface area contributed by atoms with Crippen molar-refractivity contribution in [1.29, 1.82) is 0 Å². The first kappa shape index (κ1) is 17.3. The molecule has 0 bridgehead atoms. The SMILES string of the molecule is CC1CN(c2c(F)cc3c(=O)c(C(=O)O)c[nH]c3c2C2(Cl)CC2)CC1N. The molecule has 1 aliphatic heterocycles. The van der Waals surface area contributed by atoms with E-state index in [1.54, 1.807) is 0 Å². The topological polar surface area (TPSA) is 99.4 Å². The average molecular weight is 380 g/mol. The number of pyridine rings is 1. The fourth-order valence-corrected chi connectivity index (χ4v) is 4.04. The lowest BCUT2D eigenvalue weighted by Crippen LogP contribution is -2.30. The van der Waals surface area contributed by atoms with Crippen molar-refractivity contribution < 1.29 is 14.3 Å². The number of nitrogens with one attached hydrogen (secondary N) is 1. The van der Waals surface area contributed by atoms with E-state index in [1.807, 2.05) is 11.8 Å². The number of halogens is 2. The molecule has 2 aliphatic rings. The second-order valence-electron chi connectivity index (χ2n) is 7.35. The van der Waals surface area contributed by atoms with Gasteiger partial charge in [-0.15, -0.1) is 11.6 Å². The van der Waals surface area contributed by atoms with Crippen LogP contribution in [0.5, 0.6) is 0 Å². The minimum Gasteiger partial charge on any atom is -0.477 e. The van der Waals surface area contributed by atoms with E-state index in [-0.39, 0.29) is 17.3 Å². The van der Waals surface area contributed by atoms with Crippen molar-refractivity contribution in [2.45, 2.75) is 30.7 Å². The number of carboxylic acids is 1. The van der Waals surface area contributed by atoms with Crippen LogP contribution in [0.15, 0.2) is 17.1 Å². The minimum atomic E-state index is -1.36. The molecule has 2 unspecified atom stereocenters. The van der Waals surface area contributed by atoms with Gasteiger partial charge in [-0.25, -0.2) is 9.18 Å². The van der Waals surface area contributed by atoms with E-state index >= 15 is 4.39 Å². The summed E-state index contributed by atoms with van der Waals surface area (Å²) in [6.07, 6.45) is 2.48. The second-order valence-corrected chi connectivity index (χ2v) is 8.08. The molecule has 0 spiro atoms. The van der Waals surface area contributed by atoms with Crippen molar-refractivity contribution in [3.8, 4) is 0 Å². The van der Waals surface area contributed by atoms with E-state index in [0.29, 0.717) is 42.7 Å². The number of fused-ring (bicyclic) bond motifs is 1. The van der Waals surface area contributed by atoms with Crippen LogP contribution in [0.3, 0.4) is 0 Å². The average Bonchev–Trinajstić information content (AvgIpc) is 3.23. The zero-order valence-corrected chi connectivity index (χ0v) is 14.9. The van der Waals surface area contributed by atoms with Gasteiger partial charge in [0, 0.05) is 36.3 Å². The van der Waals surface area contributed by atoms with Gasteiger partial charge in [-0.05, 0) is 24.8 Å². The summed E-state index contributed by atoms with van der Waals surface area (Å²) >= 11 is 6.67. The van der Waals surface area contributed by atoms with Gasteiger partial charge in [0.1, 0.15) is 11.4 Å². The van der Waals surface area contributed by atoms with Gasteiger partial charge < -0.3 is 20.7 Å². The molecule has 1 aromatic heterocycles. The van der Waals surface area contributed by atoms with Crippen molar-refractivity contribution in [3.63, 3.8) is 0 Å². The molecule has 1 saturated heterocycles. The third kappa shape index (κ3) is 2.49. The second kappa shape index (κ2) is 5.69. The molecule has 1 aliphatic carbocycles. The number of aromatic nitrogens is 1. The molecule has 6 nitrogen and oxygen atoms in total. The minimum absolute atomic E-state index is 0.00428. The number of benzene rings is 1. The molecule has 0 amide bonds. The summed E-state index contributed by atoms with van der Waals surface area (Å²) in [5.41, 5.74) is 6.26. The Kier molecular flexibility index (Phi) is 3.79. The number of carboxylic acid groups (broad SMARTS) is 1. The lowest BCUT2D eigenvalue weighted by atomic mass is 10.00. The van der Waals surface area contributed by atoms with Crippen LogP contribution in [-0.2, 0) is 4.87 Å². The van der Waals surface area contributed by atoms with Gasteiger partial charge in [-0.2, -0.15) is 0 Å². The highest BCUT2D eigenvalue weighted by Gasteiger charge is 2.48. The quantitative estimate of drug-likeness (QED) is 0.711. The molecule has 8 heteroatoms. The first-order chi connectivity index (χ1) is 12.2. The standard InChI is InChI=1S/C18H19ClFN3O3/c1-8-6-23(7-12(8)21)15-11(20)4-9-14(13(15)18(19)2-3-18)22-5-10(16(9)24)17(25)26/h4-5,8,12H,2-3,6-7,21H2,1H3,(H,22,24)(H,25,26). The van der Waals surface area contributed by atoms with Gasteiger partial charge in [-0.1, -0.05) is 6.92 Å². The summed E-state index contributed by atoms with van der Waals surface area (Å²) in [6.45, 7) is 3.11. The molecule has 0 radical (unpaired) electrons. The Bertz CT molecular complexity index is 976. The maximum Gasteiger partial charge on any atom is 0.341 e. The molecular weight excluding hydrogens is 361 g/mol. The van der Waals surface area contributed by atoms with Gasteiger partial charge in [0.25, 0.3) is 0 Å². The third-order valence-electron chi connectivity index (χ3n) is 5.46. The van der Waals surface area contributed by atoms with Crippen LogP contribution in [0.25, 0.3) is 10.9 Å². The Morgan fingerprint density at radius 1 is 1.46 bits per heavy atom. The maximum absolute atomic E-state index is 15.1. The molecule has 2 aromatic rings. The van der Waals surface area contributed by atoms with Gasteiger partial charge in [0.2, 0.25) is 5.43 Å². The van der Waals surface area contributed by atoms with E-state index in [2.05, 4.69) is 4.98 Å². The van der Waals surface area contributed by atoms with Crippen molar-refractivity contribution in [1.82, 2.24) is 4.98 Å². The predicted molar refractivity (Wildman–Crippen MR) is 97.6 cm³/mol. The molecule has 4 N–H and O–H groups in total. The van der Waals surface area contributed by atoms with Crippen LogP contribution in [0.2, 0.25) is 0 Å². The number of anilines is 1. The van der Waals surface area contributed by atoms with Gasteiger partial charge >= 0.3 is 5.97 Å². The smallest absolute Gasteiger partial charge is 0.341 e. The van der Waals surface area contributed by atoms with E-state index in [4.69, 9.17) is 22.4 Å². The number of nitrogens with two attached hydrogens (primary N) is 1. The summed E-state index contributed by atoms with van der Waals surface area (Å²) in [4.78, 5) is 27.8. The van der Waals surface area contributed by atoms with Crippen LogP contribution >= 0.6 is 11.6 Å². The Labute approximate surface area is 153 Å². The molecule has 1 saturated carbocycles. The van der Waals surface area contributed by atoms with E-state index in [9.17, 15) is 9.59 Å². The summed E-state index contributed by atoms with van der Waals surface area (Å²) in [5.74, 6) is -1.73. The number of H-pyrrole nitrogens is 1. The molecule has 138 valence electrons. The van der Waals surface area contributed by atoms with Gasteiger partial charge in [0.15, 0.2) is 0 Å². The first-order valence-electron chi connectivity index (χ1n) is 8.54. The fraction of sp³-hybridized carbons (Fsp3) is 0.444. The molecule has 26 heavy (non-hydrogen) atoms. The zero-order valence-electron chi connectivity index (χ0n) is 14.2. The van der Waals surface area contributed by atoms with Crippen LogP contribution in [-0.4, -0.2) is 35.2 Å². The van der Waals surface area contributed by atoms with Crippen molar-refractivity contribution >= 4 is 34.2 Å². The first-order valence-corrected chi connectivity index (χ1v) is 8.92. The normalized spacial score (nSPS) is 24.2. The molecule has 2 fully saturated rings. The van der Waals surface area contributed by atoms with E-state index in [0.717, 1.165) is 12.3 Å². The van der Waals surface area contributed by atoms with E-state index in [1.165, 1.54) is 0 Å². The highest BCUT2D eigenvalue weighted by Crippen LogP contribution is 2.57. The number of carbonyl (C=O) groups is 1. The van der Waals surface area contributed by atoms with Crippen LogP contribution < -0.4 is 16.1 Å². The maximum atomic E-state index is 15.1.